The quantitative estimate of drug-likeness (QED) is 0.836. The zero-order valence-corrected chi connectivity index (χ0v) is 10.9. The average molecular weight is 260 g/mol. The summed E-state index contributed by atoms with van der Waals surface area (Å²) in [6, 6.07) is 7.47. The van der Waals surface area contributed by atoms with Crippen LogP contribution < -0.4 is 5.32 Å². The molecule has 1 N–H and O–H groups in total. The van der Waals surface area contributed by atoms with Crippen molar-refractivity contribution in [2.24, 2.45) is 0 Å². The van der Waals surface area contributed by atoms with E-state index < -0.39 is 5.97 Å². The van der Waals surface area contributed by atoms with Gasteiger partial charge in [-0.25, -0.2) is 4.79 Å². The molecule has 1 atom stereocenters. The summed E-state index contributed by atoms with van der Waals surface area (Å²) in [6.45, 7) is 2.60. The fraction of sp³-hybridized carbons (Fsp3) is 0.286. The number of aromatic nitrogens is 1. The van der Waals surface area contributed by atoms with Gasteiger partial charge < -0.3 is 14.5 Å². The van der Waals surface area contributed by atoms with Crippen molar-refractivity contribution in [2.45, 2.75) is 19.5 Å². The lowest BCUT2D eigenvalue weighted by Crippen LogP contribution is -2.17. The third-order valence-electron chi connectivity index (χ3n) is 2.84. The summed E-state index contributed by atoms with van der Waals surface area (Å²) in [4.78, 5) is 15.2. The molecular formula is C14H16N2O3. The standard InChI is InChI=1S/C14H16N2O3/c1-10(11-5-7-15-8-6-11)16-9-12-3-4-13(19-12)14(17)18-2/h3-8,10,16H,9H2,1-2H3/t10-/m1/s1. The van der Waals surface area contributed by atoms with Crippen LogP contribution in [0.3, 0.4) is 0 Å². The highest BCUT2D eigenvalue weighted by molar-refractivity contribution is 5.86. The van der Waals surface area contributed by atoms with Gasteiger partial charge in [-0.1, -0.05) is 0 Å². The van der Waals surface area contributed by atoms with E-state index in [1.165, 1.54) is 7.11 Å². The van der Waals surface area contributed by atoms with Crippen LogP contribution in [0.15, 0.2) is 41.1 Å². The van der Waals surface area contributed by atoms with E-state index in [9.17, 15) is 4.79 Å². The third kappa shape index (κ3) is 3.42. The first-order valence-electron chi connectivity index (χ1n) is 6.01. The Balaban J connectivity index is 1.92. The van der Waals surface area contributed by atoms with E-state index in [1.807, 2.05) is 12.1 Å². The van der Waals surface area contributed by atoms with Crippen LogP contribution in [0.25, 0.3) is 0 Å². The van der Waals surface area contributed by atoms with E-state index in [4.69, 9.17) is 4.42 Å². The molecular weight excluding hydrogens is 244 g/mol. The SMILES string of the molecule is COC(=O)c1ccc(CN[C@H](C)c2ccncc2)o1. The van der Waals surface area contributed by atoms with Crippen LogP contribution in [0.1, 0.15) is 34.8 Å². The molecule has 0 aliphatic heterocycles. The molecule has 0 fully saturated rings. The van der Waals surface area contributed by atoms with Crippen LogP contribution in [0, 0.1) is 0 Å². The van der Waals surface area contributed by atoms with Gasteiger partial charge in [0.15, 0.2) is 0 Å². The lowest BCUT2D eigenvalue weighted by molar-refractivity contribution is 0.0563. The number of furan rings is 1. The average Bonchev–Trinajstić information content (AvgIpc) is 2.93. The number of esters is 1. The Hall–Kier alpha value is -2.14. The van der Waals surface area contributed by atoms with E-state index in [1.54, 1.807) is 24.5 Å². The number of pyridine rings is 1. The molecule has 0 unspecified atom stereocenters. The van der Waals surface area contributed by atoms with Crippen molar-refractivity contribution in [1.29, 1.82) is 0 Å². The summed E-state index contributed by atoms with van der Waals surface area (Å²) in [5, 5.41) is 3.31. The highest BCUT2D eigenvalue weighted by Crippen LogP contribution is 2.13. The van der Waals surface area contributed by atoms with E-state index in [-0.39, 0.29) is 11.8 Å². The second kappa shape index (κ2) is 6.15. The Labute approximate surface area is 111 Å². The number of methoxy groups -OCH3 is 1. The lowest BCUT2D eigenvalue weighted by atomic mass is 10.1. The van der Waals surface area contributed by atoms with Gasteiger partial charge in [0.05, 0.1) is 13.7 Å². The minimum absolute atomic E-state index is 0.176. The van der Waals surface area contributed by atoms with Gasteiger partial charge in [0, 0.05) is 18.4 Å². The smallest absolute Gasteiger partial charge is 0.373 e. The van der Waals surface area contributed by atoms with Crippen molar-refractivity contribution >= 4 is 5.97 Å². The first kappa shape index (κ1) is 13.3. The predicted molar refractivity (Wildman–Crippen MR) is 69.5 cm³/mol. The monoisotopic (exact) mass is 260 g/mol. The Morgan fingerprint density at radius 3 is 2.79 bits per heavy atom. The van der Waals surface area contributed by atoms with E-state index >= 15 is 0 Å². The number of hydrogen-bond acceptors (Lipinski definition) is 5. The Bertz CT molecular complexity index is 537. The van der Waals surface area contributed by atoms with Crippen molar-refractivity contribution in [1.82, 2.24) is 10.3 Å². The van der Waals surface area contributed by atoms with Crippen LogP contribution >= 0.6 is 0 Å². The molecule has 2 aromatic heterocycles. The molecule has 2 rings (SSSR count). The molecule has 5 heteroatoms. The first-order chi connectivity index (χ1) is 9.20. The van der Waals surface area contributed by atoms with Gasteiger partial charge in [-0.2, -0.15) is 0 Å². The summed E-state index contributed by atoms with van der Waals surface area (Å²) >= 11 is 0. The molecule has 0 radical (unpaired) electrons. The number of hydrogen-bond donors (Lipinski definition) is 1. The Morgan fingerprint density at radius 1 is 1.37 bits per heavy atom. The fourth-order valence-corrected chi connectivity index (χ4v) is 1.71. The zero-order valence-electron chi connectivity index (χ0n) is 10.9. The maximum Gasteiger partial charge on any atom is 0.373 e. The zero-order chi connectivity index (χ0) is 13.7. The van der Waals surface area contributed by atoms with Gasteiger partial charge in [0.25, 0.3) is 0 Å². The molecule has 5 nitrogen and oxygen atoms in total. The van der Waals surface area contributed by atoms with Gasteiger partial charge in [0.1, 0.15) is 5.76 Å². The van der Waals surface area contributed by atoms with Gasteiger partial charge in [-0.3, -0.25) is 4.98 Å². The van der Waals surface area contributed by atoms with E-state index in [2.05, 4.69) is 22.0 Å². The van der Waals surface area contributed by atoms with Crippen molar-refractivity contribution in [3.63, 3.8) is 0 Å². The lowest BCUT2D eigenvalue weighted by Gasteiger charge is -2.12. The molecule has 2 heterocycles. The van der Waals surface area contributed by atoms with Gasteiger partial charge >= 0.3 is 5.97 Å². The minimum atomic E-state index is -0.464. The van der Waals surface area contributed by atoms with Crippen LogP contribution in [-0.4, -0.2) is 18.1 Å². The number of ether oxygens (including phenoxy) is 1. The Morgan fingerprint density at radius 2 is 2.11 bits per heavy atom. The third-order valence-corrected chi connectivity index (χ3v) is 2.84. The largest absolute Gasteiger partial charge is 0.463 e. The van der Waals surface area contributed by atoms with Crippen molar-refractivity contribution in [2.75, 3.05) is 7.11 Å². The summed E-state index contributed by atoms with van der Waals surface area (Å²) in [7, 11) is 1.33. The molecule has 100 valence electrons. The molecule has 0 amide bonds. The van der Waals surface area contributed by atoms with Crippen LogP contribution in [0.5, 0.6) is 0 Å². The Kier molecular flexibility index (Phi) is 4.30. The first-order valence-corrected chi connectivity index (χ1v) is 6.01. The molecule has 0 saturated carbocycles. The highest BCUT2D eigenvalue weighted by atomic mass is 16.5. The van der Waals surface area contributed by atoms with Crippen molar-refractivity contribution in [3.8, 4) is 0 Å². The predicted octanol–water partition coefficient (Wildman–Crippen LogP) is 2.31. The highest BCUT2D eigenvalue weighted by Gasteiger charge is 2.11. The van der Waals surface area contributed by atoms with Gasteiger partial charge in [-0.15, -0.1) is 0 Å². The maximum atomic E-state index is 11.2. The summed E-state index contributed by atoms with van der Waals surface area (Å²) in [5.74, 6) is 0.450. The molecule has 19 heavy (non-hydrogen) atoms. The molecule has 0 bridgehead atoms. The van der Waals surface area contributed by atoms with Crippen LogP contribution in [0.4, 0.5) is 0 Å². The number of nitrogens with zero attached hydrogens (tertiary/aromatic N) is 1. The molecule has 0 aromatic carbocycles. The second-order valence-corrected chi connectivity index (χ2v) is 4.14. The molecule has 0 aliphatic rings. The van der Waals surface area contributed by atoms with Gasteiger partial charge in [0.2, 0.25) is 5.76 Å². The summed E-state index contributed by atoms with van der Waals surface area (Å²) < 4.78 is 9.96. The number of carbonyl (C=O) groups excluding carboxylic acids is 1. The van der Waals surface area contributed by atoms with Gasteiger partial charge in [-0.05, 0) is 36.8 Å². The number of nitrogens with one attached hydrogen (secondary N) is 1. The molecule has 0 aliphatic carbocycles. The number of rotatable bonds is 5. The second-order valence-electron chi connectivity index (χ2n) is 4.14. The summed E-state index contributed by atoms with van der Waals surface area (Å²) in [6.07, 6.45) is 3.52. The summed E-state index contributed by atoms with van der Waals surface area (Å²) in [5.41, 5.74) is 1.15. The maximum absolute atomic E-state index is 11.2. The topological polar surface area (TPSA) is 64.4 Å². The van der Waals surface area contributed by atoms with Crippen LogP contribution in [-0.2, 0) is 11.3 Å². The van der Waals surface area contributed by atoms with Crippen molar-refractivity contribution < 1.29 is 13.9 Å². The van der Waals surface area contributed by atoms with Crippen LogP contribution in [0.2, 0.25) is 0 Å². The molecule has 0 saturated heterocycles. The molecule has 0 spiro atoms. The minimum Gasteiger partial charge on any atom is -0.463 e. The molecule has 2 aromatic rings. The normalized spacial score (nSPS) is 12.1. The van der Waals surface area contributed by atoms with Crippen molar-refractivity contribution in [3.05, 3.63) is 53.7 Å². The number of carbonyl (C=O) groups is 1. The fourth-order valence-electron chi connectivity index (χ4n) is 1.71. The van der Waals surface area contributed by atoms with E-state index in [0.29, 0.717) is 12.3 Å². The van der Waals surface area contributed by atoms with E-state index in [0.717, 1.165) is 5.56 Å².